The van der Waals surface area contributed by atoms with Crippen LogP contribution in [-0.4, -0.2) is 50.9 Å². The molecular formula is C29H33Cl2N3O5S. The molecule has 0 heterocycles. The highest BCUT2D eigenvalue weighted by molar-refractivity contribution is 7.92. The van der Waals surface area contributed by atoms with Crippen LogP contribution in [0.4, 0.5) is 5.69 Å². The summed E-state index contributed by atoms with van der Waals surface area (Å²) < 4.78 is 33.9. The van der Waals surface area contributed by atoms with Crippen LogP contribution in [0.2, 0.25) is 10.0 Å². The summed E-state index contributed by atoms with van der Waals surface area (Å²) in [5.74, 6) is -0.609. The molecule has 0 fully saturated rings. The number of ether oxygens (including phenoxy) is 1. The highest BCUT2D eigenvalue weighted by Gasteiger charge is 2.33. The molecule has 0 aliphatic rings. The largest absolute Gasteiger partial charge is 0.495 e. The van der Waals surface area contributed by atoms with Gasteiger partial charge in [0.15, 0.2) is 0 Å². The van der Waals surface area contributed by atoms with Gasteiger partial charge < -0.3 is 15.0 Å². The zero-order valence-corrected chi connectivity index (χ0v) is 25.1. The van der Waals surface area contributed by atoms with Gasteiger partial charge in [-0.25, -0.2) is 8.42 Å². The predicted molar refractivity (Wildman–Crippen MR) is 158 cm³/mol. The van der Waals surface area contributed by atoms with Crippen molar-refractivity contribution in [2.75, 3.05) is 18.0 Å². The minimum absolute atomic E-state index is 0.00378. The molecular weight excluding hydrogens is 573 g/mol. The third-order valence-corrected chi connectivity index (χ3v) is 8.95. The summed E-state index contributed by atoms with van der Waals surface area (Å²) in [5.41, 5.74) is 0.781. The first-order chi connectivity index (χ1) is 19.0. The lowest BCUT2D eigenvalue weighted by atomic mass is 10.1. The van der Waals surface area contributed by atoms with E-state index in [1.807, 2.05) is 13.8 Å². The fourth-order valence-electron chi connectivity index (χ4n) is 3.92. The van der Waals surface area contributed by atoms with E-state index in [0.29, 0.717) is 22.8 Å². The average molecular weight is 607 g/mol. The molecule has 11 heteroatoms. The Bertz CT molecular complexity index is 1440. The summed E-state index contributed by atoms with van der Waals surface area (Å²) in [6.07, 6.45) is 0.707. The van der Waals surface area contributed by atoms with Gasteiger partial charge in [-0.05, 0) is 62.2 Å². The molecule has 0 bridgehead atoms. The van der Waals surface area contributed by atoms with E-state index in [4.69, 9.17) is 27.9 Å². The topological polar surface area (TPSA) is 96.0 Å². The Labute approximate surface area is 245 Å². The number of carbonyl (C=O) groups is 2. The Morgan fingerprint density at radius 2 is 1.60 bits per heavy atom. The van der Waals surface area contributed by atoms with Crippen molar-refractivity contribution in [3.05, 3.63) is 88.4 Å². The maximum absolute atomic E-state index is 14.0. The Hall–Kier alpha value is -3.27. The molecule has 214 valence electrons. The Balaban J connectivity index is 2.06. The number of anilines is 1. The van der Waals surface area contributed by atoms with Crippen LogP contribution < -0.4 is 14.4 Å². The van der Waals surface area contributed by atoms with E-state index >= 15 is 0 Å². The van der Waals surface area contributed by atoms with E-state index in [1.165, 1.54) is 42.3 Å². The van der Waals surface area contributed by atoms with Crippen molar-refractivity contribution in [2.45, 2.75) is 50.7 Å². The van der Waals surface area contributed by atoms with Crippen LogP contribution in [0.25, 0.3) is 0 Å². The second-order valence-electron chi connectivity index (χ2n) is 9.25. The van der Waals surface area contributed by atoms with Gasteiger partial charge in [-0.2, -0.15) is 0 Å². The second kappa shape index (κ2) is 13.9. The van der Waals surface area contributed by atoms with Crippen LogP contribution in [0.5, 0.6) is 5.75 Å². The van der Waals surface area contributed by atoms with Gasteiger partial charge in [-0.3, -0.25) is 13.9 Å². The molecule has 0 saturated heterocycles. The van der Waals surface area contributed by atoms with Gasteiger partial charge in [0, 0.05) is 17.6 Å². The SMILES string of the molecule is CC[C@@H](C)NC(=O)[C@H](C)N(Cc1ccccc1Cl)C(=O)CN(c1ccc(OC)c(Cl)c1)S(=O)(=O)c1ccccc1. The molecule has 3 aromatic rings. The number of nitrogens with zero attached hydrogens (tertiary/aromatic N) is 2. The molecule has 8 nitrogen and oxygen atoms in total. The molecule has 0 aromatic heterocycles. The predicted octanol–water partition coefficient (Wildman–Crippen LogP) is 5.53. The summed E-state index contributed by atoms with van der Waals surface area (Å²) >= 11 is 12.7. The molecule has 0 aliphatic carbocycles. The van der Waals surface area contributed by atoms with E-state index in [9.17, 15) is 18.0 Å². The first kappa shape index (κ1) is 31.3. The number of nitrogens with one attached hydrogen (secondary N) is 1. The first-order valence-electron chi connectivity index (χ1n) is 12.7. The Kier molecular flexibility index (Phi) is 10.8. The number of halogens is 2. The molecule has 0 spiro atoms. The fourth-order valence-corrected chi connectivity index (χ4v) is 5.79. The van der Waals surface area contributed by atoms with Crippen molar-refractivity contribution >= 4 is 50.7 Å². The number of methoxy groups -OCH3 is 1. The lowest BCUT2D eigenvalue weighted by Gasteiger charge is -2.32. The lowest BCUT2D eigenvalue weighted by molar-refractivity contribution is -0.139. The normalized spacial score (nSPS) is 12.8. The number of hydrogen-bond donors (Lipinski definition) is 1. The molecule has 2 atom stereocenters. The van der Waals surface area contributed by atoms with Crippen molar-refractivity contribution in [3.63, 3.8) is 0 Å². The first-order valence-corrected chi connectivity index (χ1v) is 14.9. The van der Waals surface area contributed by atoms with Gasteiger partial charge in [-0.1, -0.05) is 66.5 Å². The van der Waals surface area contributed by atoms with Crippen LogP contribution in [0.3, 0.4) is 0 Å². The smallest absolute Gasteiger partial charge is 0.264 e. The van der Waals surface area contributed by atoms with E-state index < -0.39 is 28.5 Å². The van der Waals surface area contributed by atoms with Crippen LogP contribution in [0.15, 0.2) is 77.7 Å². The van der Waals surface area contributed by atoms with Gasteiger partial charge >= 0.3 is 0 Å². The lowest BCUT2D eigenvalue weighted by Crippen LogP contribution is -2.52. The summed E-state index contributed by atoms with van der Waals surface area (Å²) in [5, 5.41) is 3.49. The summed E-state index contributed by atoms with van der Waals surface area (Å²) in [4.78, 5) is 28.4. The van der Waals surface area contributed by atoms with E-state index in [0.717, 1.165) is 4.31 Å². The molecule has 0 radical (unpaired) electrons. The van der Waals surface area contributed by atoms with E-state index in [-0.39, 0.29) is 34.1 Å². The van der Waals surface area contributed by atoms with Gasteiger partial charge in [-0.15, -0.1) is 0 Å². The van der Waals surface area contributed by atoms with E-state index in [1.54, 1.807) is 49.4 Å². The Morgan fingerprint density at radius 1 is 0.950 bits per heavy atom. The van der Waals surface area contributed by atoms with Crippen molar-refractivity contribution in [1.29, 1.82) is 0 Å². The zero-order valence-electron chi connectivity index (χ0n) is 22.8. The van der Waals surface area contributed by atoms with Crippen LogP contribution >= 0.6 is 23.2 Å². The molecule has 0 unspecified atom stereocenters. The molecule has 2 amide bonds. The fraction of sp³-hybridized carbons (Fsp3) is 0.310. The third-order valence-electron chi connectivity index (χ3n) is 6.50. The number of rotatable bonds is 12. The zero-order chi connectivity index (χ0) is 29.4. The summed E-state index contributed by atoms with van der Waals surface area (Å²) in [6, 6.07) is 18.2. The van der Waals surface area contributed by atoms with Crippen LogP contribution in [-0.2, 0) is 26.2 Å². The number of hydrogen-bond acceptors (Lipinski definition) is 5. The third kappa shape index (κ3) is 7.47. The van der Waals surface area contributed by atoms with Gasteiger partial charge in [0.1, 0.15) is 18.3 Å². The number of benzene rings is 3. The maximum atomic E-state index is 14.0. The highest BCUT2D eigenvalue weighted by Crippen LogP contribution is 2.32. The summed E-state index contributed by atoms with van der Waals surface area (Å²) in [6.45, 7) is 4.81. The molecule has 1 N–H and O–H groups in total. The number of carbonyl (C=O) groups excluding carboxylic acids is 2. The summed E-state index contributed by atoms with van der Waals surface area (Å²) in [7, 11) is -2.76. The highest BCUT2D eigenvalue weighted by atomic mass is 35.5. The molecule has 0 saturated carbocycles. The van der Waals surface area contributed by atoms with Crippen molar-refractivity contribution in [2.24, 2.45) is 0 Å². The molecule has 0 aliphatic heterocycles. The monoisotopic (exact) mass is 605 g/mol. The van der Waals surface area contributed by atoms with Crippen LogP contribution in [0.1, 0.15) is 32.8 Å². The van der Waals surface area contributed by atoms with Crippen LogP contribution in [0, 0.1) is 0 Å². The van der Waals surface area contributed by atoms with Crippen molar-refractivity contribution < 1.29 is 22.7 Å². The number of amides is 2. The minimum Gasteiger partial charge on any atom is -0.495 e. The van der Waals surface area contributed by atoms with Gasteiger partial charge in [0.05, 0.1) is 22.7 Å². The average Bonchev–Trinajstić information content (AvgIpc) is 2.95. The molecule has 3 rings (SSSR count). The number of sulfonamides is 1. The molecule has 3 aromatic carbocycles. The van der Waals surface area contributed by atoms with Gasteiger partial charge in [0.2, 0.25) is 11.8 Å². The van der Waals surface area contributed by atoms with Crippen molar-refractivity contribution in [3.8, 4) is 5.75 Å². The molecule has 40 heavy (non-hydrogen) atoms. The minimum atomic E-state index is -4.21. The quantitative estimate of drug-likeness (QED) is 0.293. The van der Waals surface area contributed by atoms with E-state index in [2.05, 4.69) is 5.32 Å². The van der Waals surface area contributed by atoms with Gasteiger partial charge in [0.25, 0.3) is 10.0 Å². The standard InChI is InChI=1S/C29H33Cl2N3O5S/c1-5-20(2)32-29(36)21(3)33(18-22-11-9-10-14-25(22)30)28(35)19-34(23-15-16-27(39-4)26(31)17-23)40(37,38)24-12-7-6-8-13-24/h6-17,20-21H,5,18-19H2,1-4H3,(H,32,36)/t20-,21+/m1/s1. The second-order valence-corrected chi connectivity index (χ2v) is 11.9. The maximum Gasteiger partial charge on any atom is 0.264 e. The van der Waals surface area contributed by atoms with Crippen molar-refractivity contribution in [1.82, 2.24) is 10.2 Å². The Morgan fingerprint density at radius 3 is 2.20 bits per heavy atom.